The first-order valence-electron chi connectivity index (χ1n) is 5.47. The highest BCUT2D eigenvalue weighted by Crippen LogP contribution is 2.07. The number of carboxylic acids is 1. The minimum atomic E-state index is -1.15. The van der Waals surface area contributed by atoms with E-state index in [1.54, 1.807) is 7.05 Å². The van der Waals surface area contributed by atoms with Gasteiger partial charge in [-0.3, -0.25) is 9.48 Å². The summed E-state index contributed by atoms with van der Waals surface area (Å²) in [6.45, 7) is 4.64. The lowest BCUT2D eigenvalue weighted by molar-refractivity contribution is 0.0690. The van der Waals surface area contributed by atoms with Crippen molar-refractivity contribution in [3.05, 3.63) is 17.5 Å². The van der Waals surface area contributed by atoms with Crippen molar-refractivity contribution in [2.24, 2.45) is 13.0 Å². The lowest BCUT2D eigenvalue weighted by Gasteiger charge is -2.08. The molecule has 0 aromatic carbocycles. The quantitative estimate of drug-likeness (QED) is 0.799. The second-order valence-electron chi connectivity index (χ2n) is 4.27. The van der Waals surface area contributed by atoms with Crippen LogP contribution in [0.1, 0.15) is 41.1 Å². The maximum absolute atomic E-state index is 11.8. The van der Waals surface area contributed by atoms with Gasteiger partial charge in [-0.25, -0.2) is 4.79 Å². The van der Waals surface area contributed by atoms with E-state index in [-0.39, 0.29) is 11.3 Å². The van der Waals surface area contributed by atoms with E-state index in [1.807, 2.05) is 0 Å². The van der Waals surface area contributed by atoms with Crippen LogP contribution in [-0.4, -0.2) is 33.3 Å². The average molecular weight is 239 g/mol. The Morgan fingerprint density at radius 2 is 2.18 bits per heavy atom. The number of carbonyl (C=O) groups is 2. The van der Waals surface area contributed by atoms with Crippen molar-refractivity contribution in [3.63, 3.8) is 0 Å². The molecule has 6 heteroatoms. The maximum atomic E-state index is 11.8. The third-order valence-electron chi connectivity index (χ3n) is 2.39. The van der Waals surface area contributed by atoms with Crippen LogP contribution in [0.4, 0.5) is 0 Å². The van der Waals surface area contributed by atoms with Crippen molar-refractivity contribution in [1.29, 1.82) is 0 Å². The molecule has 1 aromatic heterocycles. The van der Waals surface area contributed by atoms with Crippen molar-refractivity contribution in [2.45, 2.75) is 20.3 Å². The molecule has 1 amide bonds. The molecule has 0 aliphatic rings. The van der Waals surface area contributed by atoms with Gasteiger partial charge in [0.2, 0.25) is 0 Å². The molecule has 0 unspecified atom stereocenters. The predicted octanol–water partition coefficient (Wildman–Crippen LogP) is 0.894. The number of hydrogen-bond donors (Lipinski definition) is 2. The third kappa shape index (κ3) is 3.30. The predicted molar refractivity (Wildman–Crippen MR) is 62.0 cm³/mol. The summed E-state index contributed by atoms with van der Waals surface area (Å²) in [6, 6.07) is 0. The second-order valence-corrected chi connectivity index (χ2v) is 4.27. The Morgan fingerprint density at radius 3 is 2.71 bits per heavy atom. The van der Waals surface area contributed by atoms with Gasteiger partial charge >= 0.3 is 5.97 Å². The van der Waals surface area contributed by atoms with Gasteiger partial charge in [-0.15, -0.1) is 0 Å². The van der Waals surface area contributed by atoms with E-state index in [9.17, 15) is 9.59 Å². The molecule has 0 fully saturated rings. The second kappa shape index (κ2) is 5.47. The number of nitrogens with one attached hydrogen (secondary N) is 1. The molecule has 6 nitrogen and oxygen atoms in total. The Bertz CT molecular complexity index is 424. The van der Waals surface area contributed by atoms with E-state index in [0.29, 0.717) is 12.5 Å². The standard InChI is InChI=1S/C11H17N3O3/c1-7(2)4-5-12-10(15)9-8(11(16)17)6-13-14(9)3/h6-7H,4-5H2,1-3H3,(H,12,15)(H,16,17). The molecule has 1 heterocycles. The minimum Gasteiger partial charge on any atom is -0.478 e. The molecule has 2 N–H and O–H groups in total. The minimum absolute atomic E-state index is 0.0745. The van der Waals surface area contributed by atoms with Crippen LogP contribution in [0.25, 0.3) is 0 Å². The number of carboxylic acid groups (broad SMARTS) is 1. The first-order chi connectivity index (χ1) is 7.93. The monoisotopic (exact) mass is 239 g/mol. The fourth-order valence-electron chi connectivity index (χ4n) is 1.42. The van der Waals surface area contributed by atoms with Gasteiger partial charge in [0, 0.05) is 13.6 Å². The van der Waals surface area contributed by atoms with Crippen LogP contribution in [0.15, 0.2) is 6.20 Å². The molecule has 1 aromatic rings. The molecule has 0 radical (unpaired) electrons. The Labute approximate surface area is 99.6 Å². The summed E-state index contributed by atoms with van der Waals surface area (Å²) in [7, 11) is 1.55. The summed E-state index contributed by atoms with van der Waals surface area (Å²) in [5, 5.41) is 15.4. The van der Waals surface area contributed by atoms with E-state index in [2.05, 4.69) is 24.3 Å². The number of nitrogens with zero attached hydrogens (tertiary/aromatic N) is 2. The molecular formula is C11H17N3O3. The molecule has 94 valence electrons. The van der Waals surface area contributed by atoms with Crippen molar-refractivity contribution in [2.75, 3.05) is 6.54 Å². The molecule has 17 heavy (non-hydrogen) atoms. The highest BCUT2D eigenvalue weighted by atomic mass is 16.4. The van der Waals surface area contributed by atoms with Crippen molar-refractivity contribution >= 4 is 11.9 Å². The molecule has 0 saturated heterocycles. The van der Waals surface area contributed by atoms with Crippen LogP contribution in [0.3, 0.4) is 0 Å². The van der Waals surface area contributed by atoms with Gasteiger partial charge in [0.15, 0.2) is 0 Å². The van der Waals surface area contributed by atoms with Crippen LogP contribution < -0.4 is 5.32 Å². The number of aromatic nitrogens is 2. The van der Waals surface area contributed by atoms with Gasteiger partial charge in [-0.1, -0.05) is 13.8 Å². The summed E-state index contributed by atoms with van der Waals surface area (Å²) in [6.07, 6.45) is 2.03. The highest BCUT2D eigenvalue weighted by Gasteiger charge is 2.21. The SMILES string of the molecule is CC(C)CCNC(=O)c1c(C(=O)O)cnn1C. The normalized spacial score (nSPS) is 10.6. The highest BCUT2D eigenvalue weighted by molar-refractivity contribution is 6.03. The van der Waals surface area contributed by atoms with Crippen LogP contribution in [0, 0.1) is 5.92 Å². The van der Waals surface area contributed by atoms with Gasteiger partial charge in [0.25, 0.3) is 5.91 Å². The van der Waals surface area contributed by atoms with Crippen LogP contribution in [-0.2, 0) is 7.05 Å². The van der Waals surface area contributed by atoms with E-state index in [1.165, 1.54) is 10.9 Å². The summed E-state index contributed by atoms with van der Waals surface area (Å²) in [5.41, 5.74) is 0.0100. The zero-order valence-electron chi connectivity index (χ0n) is 10.2. The van der Waals surface area contributed by atoms with Gasteiger partial charge in [-0.05, 0) is 12.3 Å². The van der Waals surface area contributed by atoms with E-state index in [0.717, 1.165) is 6.42 Å². The third-order valence-corrected chi connectivity index (χ3v) is 2.39. The van der Waals surface area contributed by atoms with Gasteiger partial charge in [-0.2, -0.15) is 5.10 Å². The molecule has 0 spiro atoms. The lowest BCUT2D eigenvalue weighted by atomic mass is 10.1. The van der Waals surface area contributed by atoms with Crippen LogP contribution >= 0.6 is 0 Å². The molecule has 0 aliphatic heterocycles. The number of amides is 1. The topological polar surface area (TPSA) is 84.2 Å². The Kier molecular flexibility index (Phi) is 4.25. The van der Waals surface area contributed by atoms with E-state index in [4.69, 9.17) is 5.11 Å². The van der Waals surface area contributed by atoms with Gasteiger partial charge < -0.3 is 10.4 Å². The summed E-state index contributed by atoms with van der Waals surface area (Å²) in [4.78, 5) is 22.7. The Hall–Kier alpha value is -1.85. The van der Waals surface area contributed by atoms with Crippen molar-refractivity contribution < 1.29 is 14.7 Å². The van der Waals surface area contributed by atoms with Crippen LogP contribution in [0.5, 0.6) is 0 Å². The number of carbonyl (C=O) groups excluding carboxylic acids is 1. The molecule has 1 rings (SSSR count). The molecule has 0 bridgehead atoms. The summed E-state index contributed by atoms with van der Waals surface area (Å²) in [5.74, 6) is -1.06. The molecular weight excluding hydrogens is 222 g/mol. The summed E-state index contributed by atoms with van der Waals surface area (Å²) < 4.78 is 1.27. The summed E-state index contributed by atoms with van der Waals surface area (Å²) >= 11 is 0. The molecule has 0 aliphatic carbocycles. The average Bonchev–Trinajstić information content (AvgIpc) is 2.59. The number of aromatic carboxylic acids is 1. The smallest absolute Gasteiger partial charge is 0.339 e. The molecule has 0 saturated carbocycles. The van der Waals surface area contributed by atoms with Crippen molar-refractivity contribution in [1.82, 2.24) is 15.1 Å². The largest absolute Gasteiger partial charge is 0.478 e. The first kappa shape index (κ1) is 13.2. The fourth-order valence-corrected chi connectivity index (χ4v) is 1.42. The maximum Gasteiger partial charge on any atom is 0.339 e. The fraction of sp³-hybridized carbons (Fsp3) is 0.545. The molecule has 0 atom stereocenters. The zero-order chi connectivity index (χ0) is 13.0. The Morgan fingerprint density at radius 1 is 1.53 bits per heavy atom. The lowest BCUT2D eigenvalue weighted by Crippen LogP contribution is -2.28. The Balaban J connectivity index is 2.74. The van der Waals surface area contributed by atoms with Gasteiger partial charge in [0.05, 0.1) is 6.20 Å². The number of rotatable bonds is 5. The number of hydrogen-bond acceptors (Lipinski definition) is 3. The van der Waals surface area contributed by atoms with E-state index >= 15 is 0 Å². The first-order valence-corrected chi connectivity index (χ1v) is 5.47. The zero-order valence-corrected chi connectivity index (χ0v) is 10.2. The van der Waals surface area contributed by atoms with Crippen molar-refractivity contribution in [3.8, 4) is 0 Å². The number of aryl methyl sites for hydroxylation is 1. The van der Waals surface area contributed by atoms with Gasteiger partial charge in [0.1, 0.15) is 11.3 Å². The van der Waals surface area contributed by atoms with E-state index < -0.39 is 11.9 Å². The van der Waals surface area contributed by atoms with Crippen LogP contribution in [0.2, 0.25) is 0 Å².